The van der Waals surface area contributed by atoms with E-state index in [4.69, 9.17) is 4.74 Å². The molecule has 0 fully saturated rings. The number of rotatable bonds is 5. The molecule has 1 aromatic carbocycles. The molecule has 9 nitrogen and oxygen atoms in total. The number of alkyl carbamates (subject to hydrolysis) is 1. The van der Waals surface area contributed by atoms with Gasteiger partial charge in [0.25, 0.3) is 0 Å². The molecule has 1 unspecified atom stereocenters. The molecule has 0 spiro atoms. The van der Waals surface area contributed by atoms with E-state index in [1.54, 1.807) is 52.0 Å². The molecule has 0 aliphatic heterocycles. The van der Waals surface area contributed by atoms with Gasteiger partial charge in [-0.15, -0.1) is 20.4 Å². The molecular weight excluding hydrogens is 338 g/mol. The van der Waals surface area contributed by atoms with E-state index in [0.717, 1.165) is 0 Å². The molecule has 1 amide bonds. The summed E-state index contributed by atoms with van der Waals surface area (Å²) in [4.78, 5) is 23.3. The van der Waals surface area contributed by atoms with Gasteiger partial charge in [-0.25, -0.2) is 9.59 Å². The molecule has 0 saturated carbocycles. The van der Waals surface area contributed by atoms with Gasteiger partial charge >= 0.3 is 12.1 Å². The van der Waals surface area contributed by atoms with Crippen LogP contribution in [0.1, 0.15) is 32.2 Å². The number of ether oxygens (including phenoxy) is 1. The number of nitrogens with zero attached hydrogens (tertiary/aromatic N) is 4. The second kappa shape index (κ2) is 7.85. The predicted octanol–water partition coefficient (Wildman–Crippen LogP) is 1.76. The number of carboxylic acids is 1. The minimum atomic E-state index is -1.16. The van der Waals surface area contributed by atoms with Crippen molar-refractivity contribution >= 4 is 12.1 Å². The molecule has 0 bridgehead atoms. The molecule has 2 aromatic rings. The van der Waals surface area contributed by atoms with Gasteiger partial charge < -0.3 is 15.2 Å². The Balaban J connectivity index is 2.14. The third kappa shape index (κ3) is 5.76. The van der Waals surface area contributed by atoms with Crippen LogP contribution < -0.4 is 5.32 Å². The maximum absolute atomic E-state index is 11.9. The van der Waals surface area contributed by atoms with Crippen molar-refractivity contribution in [1.82, 2.24) is 25.7 Å². The zero-order chi connectivity index (χ0) is 19.3. The monoisotopic (exact) mass is 359 g/mol. The van der Waals surface area contributed by atoms with Crippen LogP contribution in [0, 0.1) is 6.92 Å². The first-order valence-electron chi connectivity index (χ1n) is 8.00. The molecule has 2 N–H and O–H groups in total. The summed E-state index contributed by atoms with van der Waals surface area (Å²) in [5.41, 5.74) is 0.634. The van der Waals surface area contributed by atoms with Crippen LogP contribution in [0.2, 0.25) is 0 Å². The third-order valence-electron chi connectivity index (χ3n) is 3.19. The lowest BCUT2D eigenvalue weighted by Gasteiger charge is -2.22. The van der Waals surface area contributed by atoms with E-state index in [1.165, 1.54) is 0 Å². The zero-order valence-electron chi connectivity index (χ0n) is 15.1. The summed E-state index contributed by atoms with van der Waals surface area (Å²) >= 11 is 0. The Kier molecular flexibility index (Phi) is 5.81. The fraction of sp³-hybridized carbons (Fsp3) is 0.412. The number of nitrogens with one attached hydrogen (secondary N) is 1. The Morgan fingerprint density at radius 2 is 1.85 bits per heavy atom. The number of aromatic nitrogens is 4. The van der Waals surface area contributed by atoms with Crippen LogP contribution >= 0.6 is 0 Å². The number of aliphatic carboxylic acids is 1. The van der Waals surface area contributed by atoms with Crippen LogP contribution in [0.3, 0.4) is 0 Å². The Morgan fingerprint density at radius 3 is 2.42 bits per heavy atom. The maximum Gasteiger partial charge on any atom is 0.408 e. The summed E-state index contributed by atoms with van der Waals surface area (Å²) in [5, 5.41) is 27.4. The van der Waals surface area contributed by atoms with Crippen LogP contribution in [0.15, 0.2) is 24.3 Å². The van der Waals surface area contributed by atoms with Crippen LogP contribution in [0.5, 0.6) is 0 Å². The average Bonchev–Trinajstić information content (AvgIpc) is 2.53. The number of benzene rings is 1. The minimum Gasteiger partial charge on any atom is -0.480 e. The largest absolute Gasteiger partial charge is 0.480 e. The number of amides is 1. The highest BCUT2D eigenvalue weighted by atomic mass is 16.6. The average molecular weight is 359 g/mol. The first kappa shape index (κ1) is 19.2. The minimum absolute atomic E-state index is 0.0785. The van der Waals surface area contributed by atoms with E-state index in [-0.39, 0.29) is 6.42 Å². The molecule has 2 rings (SSSR count). The van der Waals surface area contributed by atoms with Gasteiger partial charge in [-0.3, -0.25) is 0 Å². The molecule has 9 heteroatoms. The lowest BCUT2D eigenvalue weighted by molar-refractivity contribution is -0.139. The molecule has 26 heavy (non-hydrogen) atoms. The van der Waals surface area contributed by atoms with Crippen LogP contribution in [0.4, 0.5) is 4.79 Å². The van der Waals surface area contributed by atoms with Crippen molar-refractivity contribution in [2.45, 2.75) is 45.8 Å². The second-order valence-corrected chi connectivity index (χ2v) is 6.71. The van der Waals surface area contributed by atoms with Gasteiger partial charge in [-0.1, -0.05) is 18.2 Å². The molecule has 0 saturated heterocycles. The highest BCUT2D eigenvalue weighted by Crippen LogP contribution is 2.16. The Labute approximate surface area is 150 Å². The van der Waals surface area contributed by atoms with Crippen LogP contribution in [0.25, 0.3) is 11.4 Å². The zero-order valence-corrected chi connectivity index (χ0v) is 15.1. The standard InChI is InChI=1S/C17H21N5O4/c1-10-19-21-14(22-20-10)12-7-5-6-11(8-12)9-13(15(23)24)18-16(25)26-17(2,3)4/h5-8,13H,9H2,1-4H3,(H,18,25)(H,23,24). The van der Waals surface area contributed by atoms with E-state index in [9.17, 15) is 14.7 Å². The number of carbonyl (C=O) groups excluding carboxylic acids is 1. The van der Waals surface area contributed by atoms with E-state index < -0.39 is 23.7 Å². The van der Waals surface area contributed by atoms with E-state index in [2.05, 4.69) is 25.7 Å². The Bertz CT molecular complexity index is 786. The topological polar surface area (TPSA) is 127 Å². The lowest BCUT2D eigenvalue weighted by Crippen LogP contribution is -2.44. The third-order valence-corrected chi connectivity index (χ3v) is 3.19. The van der Waals surface area contributed by atoms with Gasteiger partial charge in [0.05, 0.1) is 0 Å². The normalized spacial score (nSPS) is 12.3. The first-order chi connectivity index (χ1) is 12.1. The fourth-order valence-electron chi connectivity index (χ4n) is 2.12. The van der Waals surface area contributed by atoms with Gasteiger partial charge in [0.15, 0.2) is 5.82 Å². The van der Waals surface area contributed by atoms with E-state index >= 15 is 0 Å². The molecule has 0 radical (unpaired) electrons. The van der Waals surface area contributed by atoms with Crippen molar-refractivity contribution in [1.29, 1.82) is 0 Å². The molecule has 1 aromatic heterocycles. The van der Waals surface area contributed by atoms with Gasteiger partial charge in [-0.2, -0.15) is 0 Å². The molecule has 0 aliphatic carbocycles. The molecule has 138 valence electrons. The summed E-state index contributed by atoms with van der Waals surface area (Å²) in [7, 11) is 0. The number of carbonyl (C=O) groups is 2. The number of hydrogen-bond acceptors (Lipinski definition) is 7. The van der Waals surface area contributed by atoms with Crippen LogP contribution in [-0.4, -0.2) is 49.2 Å². The first-order valence-corrected chi connectivity index (χ1v) is 8.00. The number of hydrogen-bond donors (Lipinski definition) is 2. The fourth-order valence-corrected chi connectivity index (χ4v) is 2.12. The number of carboxylic acid groups (broad SMARTS) is 1. The van der Waals surface area contributed by atoms with Gasteiger partial charge in [0, 0.05) is 12.0 Å². The predicted molar refractivity (Wildman–Crippen MR) is 92.3 cm³/mol. The van der Waals surface area contributed by atoms with E-state index in [0.29, 0.717) is 22.8 Å². The summed E-state index contributed by atoms with van der Waals surface area (Å²) in [6.07, 6.45) is -0.703. The highest BCUT2D eigenvalue weighted by Gasteiger charge is 2.24. The summed E-state index contributed by atoms with van der Waals surface area (Å²) in [6, 6.07) is 5.89. The van der Waals surface area contributed by atoms with Crippen molar-refractivity contribution in [3.63, 3.8) is 0 Å². The van der Waals surface area contributed by atoms with Crippen LogP contribution in [-0.2, 0) is 16.0 Å². The summed E-state index contributed by atoms with van der Waals surface area (Å²) < 4.78 is 5.11. The Morgan fingerprint density at radius 1 is 1.19 bits per heavy atom. The quantitative estimate of drug-likeness (QED) is 0.827. The summed E-state index contributed by atoms with van der Waals surface area (Å²) in [5.74, 6) is -0.363. The smallest absolute Gasteiger partial charge is 0.408 e. The van der Waals surface area contributed by atoms with Gasteiger partial charge in [-0.05, 0) is 39.3 Å². The van der Waals surface area contributed by atoms with E-state index in [1.807, 2.05) is 0 Å². The van der Waals surface area contributed by atoms with Crippen molar-refractivity contribution in [3.05, 3.63) is 35.7 Å². The molecule has 0 aliphatic rings. The SMILES string of the molecule is Cc1nnc(-c2cccc(CC(NC(=O)OC(C)(C)C)C(=O)O)c2)nn1. The lowest BCUT2D eigenvalue weighted by atomic mass is 10.0. The number of aryl methyl sites for hydroxylation is 1. The maximum atomic E-state index is 11.9. The Hall–Kier alpha value is -3.10. The van der Waals surface area contributed by atoms with Crippen molar-refractivity contribution < 1.29 is 19.4 Å². The second-order valence-electron chi connectivity index (χ2n) is 6.71. The van der Waals surface area contributed by atoms with Gasteiger partial charge in [0.1, 0.15) is 11.6 Å². The van der Waals surface area contributed by atoms with Crippen molar-refractivity contribution in [2.24, 2.45) is 0 Å². The summed E-state index contributed by atoms with van der Waals surface area (Å²) in [6.45, 7) is 6.79. The van der Waals surface area contributed by atoms with Crippen molar-refractivity contribution in [3.8, 4) is 11.4 Å². The molecule has 1 atom stereocenters. The molecule has 1 heterocycles. The molecular formula is C17H21N5O4. The van der Waals surface area contributed by atoms with Gasteiger partial charge in [0.2, 0.25) is 5.82 Å². The highest BCUT2D eigenvalue weighted by molar-refractivity contribution is 5.80. The van der Waals surface area contributed by atoms with Crippen molar-refractivity contribution in [2.75, 3.05) is 0 Å².